The summed E-state index contributed by atoms with van der Waals surface area (Å²) < 4.78 is 0. The fourth-order valence-corrected chi connectivity index (χ4v) is 7.36. The van der Waals surface area contributed by atoms with Gasteiger partial charge in [0.1, 0.15) is 0 Å². The van der Waals surface area contributed by atoms with Crippen molar-refractivity contribution in [3.8, 4) is 0 Å². The first-order valence-electron chi connectivity index (χ1n) is 19.3. The monoisotopic (exact) mass is 722 g/mol. The van der Waals surface area contributed by atoms with Gasteiger partial charge >= 0.3 is 0 Å². The highest BCUT2D eigenvalue weighted by Crippen LogP contribution is 2.47. The molecule has 0 aliphatic heterocycles. The van der Waals surface area contributed by atoms with Crippen LogP contribution in [0, 0.1) is 27.7 Å². The Kier molecular flexibility index (Phi) is 10.5. The lowest BCUT2D eigenvalue weighted by molar-refractivity contribution is 1.25. The minimum Gasteiger partial charge on any atom is -0.310 e. The summed E-state index contributed by atoms with van der Waals surface area (Å²) in [5.41, 5.74) is 16.4. The van der Waals surface area contributed by atoms with Crippen LogP contribution in [0.1, 0.15) is 44.5 Å². The van der Waals surface area contributed by atoms with E-state index >= 15 is 0 Å². The van der Waals surface area contributed by atoms with Crippen LogP contribution in [0.5, 0.6) is 0 Å². The van der Waals surface area contributed by atoms with Crippen LogP contribution in [0.25, 0.3) is 35.1 Å². The zero-order chi connectivity index (χ0) is 38.4. The van der Waals surface area contributed by atoms with E-state index < -0.39 is 0 Å². The summed E-state index contributed by atoms with van der Waals surface area (Å²) in [7, 11) is 0. The molecule has 0 spiro atoms. The standard InChI is InChI=1S/C54H46N2/c1-39-15-21-43(22-16-39)25-27-45-29-33-49(34-30-45)55(47-11-7-5-8-12-47)53-41(3)19-38-52-51(53)37-20-42(4)54(52)56(48-13-9-6-10-14-48)50-35-31-46(32-36-50)28-26-44-23-17-40(2)18-24-44/h5-38H,1-4H3/b27-25+,28-26+. The van der Waals surface area contributed by atoms with E-state index in [-0.39, 0.29) is 0 Å². The highest BCUT2D eigenvalue weighted by Gasteiger charge is 2.23. The molecule has 0 saturated carbocycles. The van der Waals surface area contributed by atoms with Crippen molar-refractivity contribution in [2.45, 2.75) is 27.7 Å². The average molecular weight is 723 g/mol. The molecule has 0 radical (unpaired) electrons. The largest absolute Gasteiger partial charge is 0.310 e. The predicted molar refractivity (Wildman–Crippen MR) is 243 cm³/mol. The van der Waals surface area contributed by atoms with Gasteiger partial charge < -0.3 is 9.80 Å². The lowest BCUT2D eigenvalue weighted by Gasteiger charge is -2.32. The van der Waals surface area contributed by atoms with E-state index in [0.29, 0.717) is 0 Å². The molecule has 0 aromatic heterocycles. The molecule has 0 atom stereocenters. The normalized spacial score (nSPS) is 11.4. The SMILES string of the molecule is Cc1ccc(/C=C/c2ccc(N(c3ccccc3)c3c(C)ccc4c(N(c5ccccc5)c5ccc(/C=C/c6ccc(C)cc6)cc5)c(C)ccc34)cc2)cc1. The topological polar surface area (TPSA) is 6.48 Å². The summed E-state index contributed by atoms with van der Waals surface area (Å²) >= 11 is 0. The van der Waals surface area contributed by atoms with E-state index in [9.17, 15) is 0 Å². The van der Waals surface area contributed by atoms with Gasteiger partial charge in [0.2, 0.25) is 0 Å². The van der Waals surface area contributed by atoms with Gasteiger partial charge in [-0.15, -0.1) is 0 Å². The summed E-state index contributed by atoms with van der Waals surface area (Å²) in [6.07, 6.45) is 8.72. The quantitative estimate of drug-likeness (QED) is 0.130. The number of rotatable bonds is 10. The number of para-hydroxylation sites is 2. The number of hydrogen-bond donors (Lipinski definition) is 0. The zero-order valence-electron chi connectivity index (χ0n) is 32.5. The van der Waals surface area contributed by atoms with Crippen molar-refractivity contribution in [1.29, 1.82) is 0 Å². The molecule has 8 aromatic rings. The maximum atomic E-state index is 2.41. The third-order valence-electron chi connectivity index (χ3n) is 10.4. The van der Waals surface area contributed by atoms with Crippen LogP contribution in [0.3, 0.4) is 0 Å². The number of aryl methyl sites for hydroxylation is 4. The lowest BCUT2D eigenvalue weighted by atomic mass is 9.97. The molecule has 0 unspecified atom stereocenters. The first-order valence-corrected chi connectivity index (χ1v) is 19.3. The minimum absolute atomic E-state index is 1.11. The highest BCUT2D eigenvalue weighted by atomic mass is 15.2. The lowest BCUT2D eigenvalue weighted by Crippen LogP contribution is -2.14. The number of nitrogens with zero attached hydrogens (tertiary/aromatic N) is 2. The maximum absolute atomic E-state index is 2.41. The molecule has 0 heterocycles. The zero-order valence-corrected chi connectivity index (χ0v) is 32.5. The van der Waals surface area contributed by atoms with Crippen LogP contribution in [-0.4, -0.2) is 0 Å². The molecular formula is C54H46N2. The van der Waals surface area contributed by atoms with E-state index in [1.165, 1.54) is 55.5 Å². The number of fused-ring (bicyclic) bond motifs is 1. The number of hydrogen-bond acceptors (Lipinski definition) is 2. The number of anilines is 6. The highest BCUT2D eigenvalue weighted by molar-refractivity contribution is 6.08. The fourth-order valence-electron chi connectivity index (χ4n) is 7.36. The molecule has 2 heteroatoms. The third kappa shape index (κ3) is 7.83. The Bertz CT molecular complexity index is 2430. The molecular weight excluding hydrogens is 677 g/mol. The van der Waals surface area contributed by atoms with Crippen LogP contribution in [0.4, 0.5) is 34.1 Å². The van der Waals surface area contributed by atoms with Gasteiger partial charge in [0, 0.05) is 33.5 Å². The van der Waals surface area contributed by atoms with Crippen LogP contribution in [0.15, 0.2) is 182 Å². The molecule has 0 fully saturated rings. The van der Waals surface area contributed by atoms with Gasteiger partial charge in [-0.05, 0) is 110 Å². The van der Waals surface area contributed by atoms with Crippen LogP contribution in [-0.2, 0) is 0 Å². The molecule has 8 aromatic carbocycles. The summed E-state index contributed by atoms with van der Waals surface area (Å²) in [4.78, 5) is 4.82. The maximum Gasteiger partial charge on any atom is 0.0569 e. The van der Waals surface area contributed by atoms with E-state index in [0.717, 1.165) is 33.9 Å². The first-order chi connectivity index (χ1) is 27.4. The second-order valence-electron chi connectivity index (χ2n) is 14.6. The van der Waals surface area contributed by atoms with Crippen LogP contribution >= 0.6 is 0 Å². The van der Waals surface area contributed by atoms with Crippen molar-refractivity contribution in [1.82, 2.24) is 0 Å². The van der Waals surface area contributed by atoms with E-state index in [4.69, 9.17) is 0 Å². The Morgan fingerprint density at radius 1 is 0.286 bits per heavy atom. The summed E-state index contributed by atoms with van der Waals surface area (Å²) in [5, 5.41) is 2.38. The minimum atomic E-state index is 1.11. The van der Waals surface area contributed by atoms with Crippen LogP contribution < -0.4 is 9.80 Å². The van der Waals surface area contributed by atoms with E-state index in [1.54, 1.807) is 0 Å². The van der Waals surface area contributed by atoms with Gasteiger partial charge in [-0.2, -0.15) is 0 Å². The molecule has 0 aliphatic carbocycles. The Morgan fingerprint density at radius 3 is 0.893 bits per heavy atom. The Balaban J connectivity index is 1.22. The summed E-state index contributed by atoms with van der Waals surface area (Å²) in [6, 6.07) is 65.6. The van der Waals surface area contributed by atoms with Gasteiger partial charge in [0.05, 0.1) is 11.4 Å². The molecule has 272 valence electrons. The van der Waals surface area contributed by atoms with Crippen LogP contribution in [0.2, 0.25) is 0 Å². The number of benzene rings is 8. The predicted octanol–water partition coefficient (Wildman–Crippen LogP) is 15.4. The Morgan fingerprint density at radius 2 is 0.571 bits per heavy atom. The van der Waals surface area contributed by atoms with E-state index in [2.05, 4.69) is 244 Å². The average Bonchev–Trinajstić information content (AvgIpc) is 3.24. The van der Waals surface area contributed by atoms with Crippen molar-refractivity contribution >= 4 is 69.2 Å². The van der Waals surface area contributed by atoms with Gasteiger partial charge in [-0.3, -0.25) is 0 Å². The van der Waals surface area contributed by atoms with Crippen molar-refractivity contribution in [2.75, 3.05) is 9.80 Å². The fraction of sp³-hybridized carbons (Fsp3) is 0.0741. The molecule has 56 heavy (non-hydrogen) atoms. The Hall–Kier alpha value is -6.90. The Labute approximate surface area is 332 Å². The molecule has 2 nitrogen and oxygen atoms in total. The smallest absolute Gasteiger partial charge is 0.0569 e. The molecule has 8 rings (SSSR count). The first kappa shape index (κ1) is 36.1. The second kappa shape index (κ2) is 16.2. The van der Waals surface area contributed by atoms with Crippen molar-refractivity contribution in [2.24, 2.45) is 0 Å². The van der Waals surface area contributed by atoms with Gasteiger partial charge in [-0.25, -0.2) is 0 Å². The summed E-state index contributed by atoms with van der Waals surface area (Å²) in [6.45, 7) is 8.69. The molecule has 0 N–H and O–H groups in total. The van der Waals surface area contributed by atoms with Gasteiger partial charge in [0.25, 0.3) is 0 Å². The van der Waals surface area contributed by atoms with Crippen molar-refractivity contribution in [3.63, 3.8) is 0 Å². The molecule has 0 amide bonds. The molecule has 0 aliphatic rings. The van der Waals surface area contributed by atoms with Crippen molar-refractivity contribution < 1.29 is 0 Å². The third-order valence-corrected chi connectivity index (χ3v) is 10.4. The van der Waals surface area contributed by atoms with E-state index in [1.807, 2.05) is 0 Å². The second-order valence-corrected chi connectivity index (χ2v) is 14.6. The summed E-state index contributed by atoms with van der Waals surface area (Å²) in [5.74, 6) is 0. The van der Waals surface area contributed by atoms with Crippen molar-refractivity contribution in [3.05, 3.63) is 226 Å². The molecule has 0 saturated heterocycles. The van der Waals surface area contributed by atoms with Gasteiger partial charge in [-0.1, -0.05) is 169 Å². The van der Waals surface area contributed by atoms with Gasteiger partial charge in [0.15, 0.2) is 0 Å². The molecule has 0 bridgehead atoms.